The first-order valence-electron chi connectivity index (χ1n) is 13.1. The molecule has 3 heterocycles. The summed E-state index contributed by atoms with van der Waals surface area (Å²) >= 11 is 11.3. The lowest BCUT2D eigenvalue weighted by Gasteiger charge is -2.25. The lowest BCUT2D eigenvalue weighted by molar-refractivity contribution is -0.143. The van der Waals surface area contributed by atoms with Crippen LogP contribution in [0.25, 0.3) is 17.2 Å². The monoisotopic (exact) mass is 948 g/mol. The normalized spacial score (nSPS) is 15.3. The Labute approximate surface area is 307 Å². The van der Waals surface area contributed by atoms with Crippen molar-refractivity contribution in [2.45, 2.75) is 24.8 Å². The molecule has 3 N–H and O–H groups in total. The van der Waals surface area contributed by atoms with Gasteiger partial charge in [0.15, 0.2) is 3.83 Å². The molecule has 48 heavy (non-hydrogen) atoms. The van der Waals surface area contributed by atoms with Gasteiger partial charge in [0.05, 0.1) is 27.3 Å². The summed E-state index contributed by atoms with van der Waals surface area (Å²) in [5.74, 6) is -2.44. The van der Waals surface area contributed by atoms with Crippen molar-refractivity contribution in [3.8, 4) is 11.1 Å². The number of H-pyrrole nitrogens is 1. The molecular formula is C29H16F6I2N4O4S3. The molecule has 0 unspecified atom stereocenters. The van der Waals surface area contributed by atoms with Gasteiger partial charge in [0.2, 0.25) is 5.91 Å². The first-order chi connectivity index (χ1) is 22.4. The highest BCUT2D eigenvalue weighted by atomic mass is 127. The fourth-order valence-corrected chi connectivity index (χ4v) is 8.38. The average Bonchev–Trinajstić information content (AvgIpc) is 3.67. The number of thioether (sulfide) groups is 1. The van der Waals surface area contributed by atoms with E-state index in [0.717, 1.165) is 28.0 Å². The van der Waals surface area contributed by atoms with E-state index in [-0.39, 0.29) is 44.1 Å². The summed E-state index contributed by atoms with van der Waals surface area (Å²) in [5, 5.41) is 13.2. The minimum atomic E-state index is -5.01. The summed E-state index contributed by atoms with van der Waals surface area (Å²) in [6.07, 6.45) is -8.66. The third-order valence-electron chi connectivity index (χ3n) is 6.75. The summed E-state index contributed by atoms with van der Waals surface area (Å²) in [5.41, 5.74) is -2.33. The van der Waals surface area contributed by atoms with Crippen LogP contribution in [0.15, 0.2) is 58.8 Å². The van der Waals surface area contributed by atoms with Crippen molar-refractivity contribution in [2.24, 2.45) is 0 Å². The van der Waals surface area contributed by atoms with Crippen LogP contribution in [0.1, 0.15) is 32.1 Å². The summed E-state index contributed by atoms with van der Waals surface area (Å²) in [6, 6.07) is 6.83. The van der Waals surface area contributed by atoms with Crippen LogP contribution < -0.4 is 5.32 Å². The molecule has 4 aromatic rings. The number of carboxylic acid groups (broad SMARTS) is 1. The van der Waals surface area contributed by atoms with Crippen molar-refractivity contribution in [1.29, 1.82) is 0 Å². The van der Waals surface area contributed by atoms with Crippen molar-refractivity contribution in [1.82, 2.24) is 14.9 Å². The van der Waals surface area contributed by atoms with E-state index in [1.165, 1.54) is 41.8 Å². The van der Waals surface area contributed by atoms with Gasteiger partial charge in [-0.3, -0.25) is 14.5 Å². The maximum Gasteiger partial charge on any atom is 0.416 e. The van der Waals surface area contributed by atoms with Crippen LogP contribution in [0.5, 0.6) is 0 Å². The highest BCUT2D eigenvalue weighted by molar-refractivity contribution is 14.1. The topological polar surface area (TPSA) is 115 Å². The van der Waals surface area contributed by atoms with Gasteiger partial charge < -0.3 is 15.4 Å². The van der Waals surface area contributed by atoms with E-state index in [4.69, 9.17) is 17.3 Å². The summed E-state index contributed by atoms with van der Waals surface area (Å²) in [4.78, 5) is 47.5. The molecule has 2 aromatic heterocycles. The molecule has 5 rings (SSSR count). The molecule has 2 amide bonds. The molecule has 0 saturated carbocycles. The largest absolute Gasteiger partial charge is 0.478 e. The number of thiophene rings is 1. The lowest BCUT2D eigenvalue weighted by atomic mass is 10.0. The third-order valence-corrected chi connectivity index (χ3v) is 10.4. The number of benzene rings is 2. The third kappa shape index (κ3) is 8.22. The van der Waals surface area contributed by atoms with E-state index in [1.807, 2.05) is 45.2 Å². The number of carboxylic acids is 1. The minimum Gasteiger partial charge on any atom is -0.478 e. The van der Waals surface area contributed by atoms with Crippen molar-refractivity contribution >= 4 is 114 Å². The molecule has 1 saturated heterocycles. The summed E-state index contributed by atoms with van der Waals surface area (Å²) in [7, 11) is 0. The van der Waals surface area contributed by atoms with E-state index in [1.54, 1.807) is 0 Å². The Kier molecular flexibility index (Phi) is 10.6. The van der Waals surface area contributed by atoms with Crippen molar-refractivity contribution in [2.75, 3.05) is 5.32 Å². The Balaban J connectivity index is 1.44. The first kappa shape index (κ1) is 36.3. The standard InChI is InChI=1S/C29H16F6I2N4O4S3/c30-28(31,32)15-5-13(6-16(8-15)29(33,34)35)14-7-18(47-11-14)9-21-24(43)41(27(46)48-21)20(10-19-22(36)40-26(37)39-19)23(42)38-17-3-1-12(2-4-17)25(44)45/h1-9,11,20H,10H2,(H,38,42)(H,39,40)(H,44,45)/t20-/m0/s1. The lowest BCUT2D eigenvalue weighted by Crippen LogP contribution is -2.48. The second-order valence-electron chi connectivity index (χ2n) is 9.97. The number of nitrogens with one attached hydrogen (secondary N) is 2. The fraction of sp³-hybridized carbons (Fsp3) is 0.138. The Morgan fingerprint density at radius 1 is 1.02 bits per heavy atom. The van der Waals surface area contributed by atoms with Crippen LogP contribution in [0.4, 0.5) is 32.0 Å². The van der Waals surface area contributed by atoms with Gasteiger partial charge in [-0.25, -0.2) is 9.78 Å². The zero-order chi connectivity index (χ0) is 35.1. The molecule has 0 radical (unpaired) electrons. The number of imidazole rings is 1. The molecule has 250 valence electrons. The highest BCUT2D eigenvalue weighted by Gasteiger charge is 2.41. The highest BCUT2D eigenvalue weighted by Crippen LogP contribution is 2.41. The molecule has 8 nitrogen and oxygen atoms in total. The van der Waals surface area contributed by atoms with Gasteiger partial charge in [-0.05, 0) is 116 Å². The smallest absolute Gasteiger partial charge is 0.416 e. The number of aromatic amines is 1. The first-order valence-corrected chi connectivity index (χ1v) is 17.4. The maximum absolute atomic E-state index is 13.7. The maximum atomic E-state index is 13.7. The Hall–Kier alpha value is -3.02. The molecular weight excluding hydrogens is 932 g/mol. The number of thiocarbonyl (C=S) groups is 1. The second-order valence-corrected chi connectivity index (χ2v) is 14.6. The number of halogens is 8. The van der Waals surface area contributed by atoms with Gasteiger partial charge in [0.25, 0.3) is 5.91 Å². The average molecular weight is 948 g/mol. The van der Waals surface area contributed by atoms with Crippen LogP contribution in [-0.4, -0.2) is 48.1 Å². The number of amides is 2. The van der Waals surface area contributed by atoms with Gasteiger partial charge in [-0.2, -0.15) is 26.3 Å². The van der Waals surface area contributed by atoms with Crippen LogP contribution in [0.2, 0.25) is 0 Å². The van der Waals surface area contributed by atoms with Gasteiger partial charge >= 0.3 is 18.3 Å². The van der Waals surface area contributed by atoms with Crippen molar-refractivity contribution < 1.29 is 45.8 Å². The van der Waals surface area contributed by atoms with Gasteiger partial charge in [-0.15, -0.1) is 11.3 Å². The van der Waals surface area contributed by atoms with E-state index in [0.29, 0.717) is 30.2 Å². The number of carbonyl (C=O) groups excluding carboxylic acids is 2. The molecule has 2 aromatic carbocycles. The summed E-state index contributed by atoms with van der Waals surface area (Å²) < 4.78 is 81.6. The number of hydrogen-bond acceptors (Lipinski definition) is 7. The van der Waals surface area contributed by atoms with E-state index >= 15 is 0 Å². The number of alkyl halides is 6. The van der Waals surface area contributed by atoms with Crippen molar-refractivity contribution in [3.05, 3.63) is 93.6 Å². The quantitative estimate of drug-likeness (QED) is 0.0703. The SMILES string of the molecule is O=C(O)c1ccc(NC(=O)[C@H](Cc2[nH]c(I)nc2I)N2C(=O)C(=Cc3cc(-c4cc(C(F)(F)F)cc(C(F)(F)F)c4)cs3)SC2=S)cc1. The number of rotatable bonds is 8. The predicted octanol–water partition coefficient (Wildman–Crippen LogP) is 8.53. The minimum absolute atomic E-state index is 0.00111. The number of nitrogens with zero attached hydrogens (tertiary/aromatic N) is 2. The molecule has 0 bridgehead atoms. The molecule has 1 atom stereocenters. The van der Waals surface area contributed by atoms with Gasteiger partial charge in [-0.1, -0.05) is 24.0 Å². The van der Waals surface area contributed by atoms with Crippen LogP contribution in [0.3, 0.4) is 0 Å². The van der Waals surface area contributed by atoms with Crippen molar-refractivity contribution in [3.63, 3.8) is 0 Å². The molecule has 19 heteroatoms. The second kappa shape index (κ2) is 14.1. The summed E-state index contributed by atoms with van der Waals surface area (Å²) in [6.45, 7) is 0. The number of hydrogen-bond donors (Lipinski definition) is 3. The molecule has 0 aliphatic carbocycles. The van der Waals surface area contributed by atoms with Crippen LogP contribution in [-0.2, 0) is 28.4 Å². The predicted molar refractivity (Wildman–Crippen MR) is 188 cm³/mol. The van der Waals surface area contributed by atoms with E-state index in [2.05, 4.69) is 15.3 Å². The fourth-order valence-electron chi connectivity index (χ4n) is 4.49. The zero-order valence-electron chi connectivity index (χ0n) is 23.4. The van der Waals surface area contributed by atoms with E-state index < -0.39 is 47.3 Å². The molecule has 1 fully saturated rings. The Bertz CT molecular complexity index is 1940. The molecule has 1 aliphatic heterocycles. The number of aromatic carboxylic acids is 1. The zero-order valence-corrected chi connectivity index (χ0v) is 30.1. The Morgan fingerprint density at radius 3 is 2.19 bits per heavy atom. The van der Waals surface area contributed by atoms with Gasteiger partial charge in [0, 0.05) is 17.0 Å². The number of aromatic nitrogens is 2. The van der Waals surface area contributed by atoms with Crippen LogP contribution >= 0.6 is 80.5 Å². The molecule has 0 spiro atoms. The van der Waals surface area contributed by atoms with Crippen LogP contribution in [0, 0.1) is 7.53 Å². The van der Waals surface area contributed by atoms with Gasteiger partial charge in [0.1, 0.15) is 14.1 Å². The number of anilines is 1. The van der Waals surface area contributed by atoms with E-state index in [9.17, 15) is 40.7 Å². The molecule has 1 aliphatic rings. The Morgan fingerprint density at radius 2 is 1.65 bits per heavy atom. The number of carbonyl (C=O) groups is 3.